The van der Waals surface area contributed by atoms with Crippen molar-refractivity contribution in [2.45, 2.75) is 0 Å². The zero-order chi connectivity index (χ0) is 16.2. The third kappa shape index (κ3) is 3.41. The molecule has 2 aromatic carbocycles. The largest absolute Gasteiger partial charge is 0.298 e. The number of benzene rings is 2. The number of hydrogen-bond acceptors (Lipinski definition) is 5. The lowest BCUT2D eigenvalue weighted by molar-refractivity contribution is -0.385. The smallest absolute Gasteiger partial charge is 0.276 e. The van der Waals surface area contributed by atoms with Crippen LogP contribution in [-0.4, -0.2) is 15.8 Å². The van der Waals surface area contributed by atoms with Crippen LogP contribution in [0.25, 0.3) is 16.3 Å². The van der Waals surface area contributed by atoms with Gasteiger partial charge in [0.05, 0.1) is 20.7 Å². The highest BCUT2D eigenvalue weighted by atomic mass is 32.1. The molecule has 3 aromatic rings. The fourth-order valence-corrected chi connectivity index (χ4v) is 2.90. The van der Waals surface area contributed by atoms with Gasteiger partial charge in [-0.15, -0.1) is 0 Å². The normalized spacial score (nSPS) is 11.0. The van der Waals surface area contributed by atoms with E-state index in [1.54, 1.807) is 18.2 Å². The molecular formula is C16H11N3O3S. The molecule has 0 saturated carbocycles. The maximum Gasteiger partial charge on any atom is 0.276 e. The van der Waals surface area contributed by atoms with Gasteiger partial charge in [-0.25, -0.2) is 4.98 Å². The molecule has 1 amide bonds. The summed E-state index contributed by atoms with van der Waals surface area (Å²) in [7, 11) is 0. The van der Waals surface area contributed by atoms with Crippen molar-refractivity contribution in [3.05, 3.63) is 70.3 Å². The predicted octanol–water partition coefficient (Wildman–Crippen LogP) is 3.86. The van der Waals surface area contributed by atoms with Crippen LogP contribution in [0.3, 0.4) is 0 Å². The van der Waals surface area contributed by atoms with Gasteiger partial charge in [0.15, 0.2) is 5.13 Å². The summed E-state index contributed by atoms with van der Waals surface area (Å²) in [6, 6.07) is 13.8. The number of rotatable bonds is 4. The third-order valence-electron chi connectivity index (χ3n) is 3.07. The second kappa shape index (κ2) is 6.37. The van der Waals surface area contributed by atoms with Crippen LogP contribution in [0.2, 0.25) is 0 Å². The number of nitro groups is 1. The van der Waals surface area contributed by atoms with E-state index in [0.29, 0.717) is 10.7 Å². The molecule has 0 saturated heterocycles. The second-order valence-electron chi connectivity index (χ2n) is 4.63. The number of amides is 1. The van der Waals surface area contributed by atoms with Gasteiger partial charge in [0, 0.05) is 12.1 Å². The number of nitro benzene ring substituents is 1. The standard InChI is InChI=1S/C16H11N3O3S/c20-15(10-9-11-5-1-3-7-13(11)19(21)22)18-16-17-12-6-2-4-8-14(12)23-16/h1-10H,(H,17,18,20)/b10-9+. The van der Waals surface area contributed by atoms with Gasteiger partial charge in [0.25, 0.3) is 5.69 Å². The molecule has 23 heavy (non-hydrogen) atoms. The van der Waals surface area contributed by atoms with Crippen LogP contribution in [0.15, 0.2) is 54.6 Å². The summed E-state index contributed by atoms with van der Waals surface area (Å²) in [6.07, 6.45) is 2.68. The lowest BCUT2D eigenvalue weighted by Gasteiger charge is -1.97. The number of nitrogens with zero attached hydrogens (tertiary/aromatic N) is 2. The molecule has 0 radical (unpaired) electrons. The molecule has 1 N–H and O–H groups in total. The Hall–Kier alpha value is -3.06. The number of nitrogens with one attached hydrogen (secondary N) is 1. The first-order valence-electron chi connectivity index (χ1n) is 6.71. The highest BCUT2D eigenvalue weighted by molar-refractivity contribution is 7.22. The van der Waals surface area contributed by atoms with Crippen molar-refractivity contribution in [1.29, 1.82) is 0 Å². The molecular weight excluding hydrogens is 314 g/mol. The Morgan fingerprint density at radius 3 is 2.70 bits per heavy atom. The Morgan fingerprint density at radius 1 is 1.17 bits per heavy atom. The molecule has 0 bridgehead atoms. The van der Waals surface area contributed by atoms with Crippen molar-refractivity contribution in [3.8, 4) is 0 Å². The quantitative estimate of drug-likeness (QED) is 0.448. The highest BCUT2D eigenvalue weighted by Crippen LogP contribution is 2.25. The molecule has 7 heteroatoms. The van der Waals surface area contributed by atoms with Crippen LogP contribution in [0.4, 0.5) is 10.8 Å². The number of hydrogen-bond donors (Lipinski definition) is 1. The molecule has 0 atom stereocenters. The van der Waals surface area contributed by atoms with E-state index < -0.39 is 4.92 Å². The van der Waals surface area contributed by atoms with E-state index in [-0.39, 0.29) is 11.6 Å². The number of fused-ring (bicyclic) bond motifs is 1. The number of thiazole rings is 1. The zero-order valence-corrected chi connectivity index (χ0v) is 12.6. The monoisotopic (exact) mass is 325 g/mol. The van der Waals surface area contributed by atoms with E-state index in [4.69, 9.17) is 0 Å². The van der Waals surface area contributed by atoms with Crippen molar-refractivity contribution in [3.63, 3.8) is 0 Å². The molecule has 6 nitrogen and oxygen atoms in total. The van der Waals surface area contributed by atoms with Gasteiger partial charge >= 0.3 is 0 Å². The average Bonchev–Trinajstić information content (AvgIpc) is 2.95. The van der Waals surface area contributed by atoms with E-state index in [9.17, 15) is 14.9 Å². The fraction of sp³-hybridized carbons (Fsp3) is 0. The topological polar surface area (TPSA) is 85.1 Å². The molecule has 3 rings (SSSR count). The summed E-state index contributed by atoms with van der Waals surface area (Å²) in [5, 5.41) is 14.1. The van der Waals surface area contributed by atoms with Crippen molar-refractivity contribution in [2.24, 2.45) is 0 Å². The molecule has 0 unspecified atom stereocenters. The lowest BCUT2D eigenvalue weighted by Crippen LogP contribution is -2.07. The van der Waals surface area contributed by atoms with Crippen LogP contribution in [0, 0.1) is 10.1 Å². The number of carbonyl (C=O) groups is 1. The summed E-state index contributed by atoms with van der Waals surface area (Å²) >= 11 is 1.37. The molecule has 0 aliphatic rings. The molecule has 0 aliphatic carbocycles. The van der Waals surface area contributed by atoms with Crippen LogP contribution in [-0.2, 0) is 4.79 Å². The number of aromatic nitrogens is 1. The first-order valence-corrected chi connectivity index (χ1v) is 7.53. The second-order valence-corrected chi connectivity index (χ2v) is 5.66. The number of para-hydroxylation sites is 2. The SMILES string of the molecule is O=C(/C=C/c1ccccc1[N+](=O)[O-])Nc1nc2ccccc2s1. The van der Waals surface area contributed by atoms with Gasteiger partial charge in [-0.1, -0.05) is 35.6 Å². The van der Waals surface area contributed by atoms with Crippen LogP contribution in [0.5, 0.6) is 0 Å². The summed E-state index contributed by atoms with van der Waals surface area (Å²) in [4.78, 5) is 26.7. The summed E-state index contributed by atoms with van der Waals surface area (Å²) in [5.41, 5.74) is 1.14. The Labute approximate surface area is 135 Å². The summed E-state index contributed by atoms with van der Waals surface area (Å²) in [6.45, 7) is 0. The number of anilines is 1. The van der Waals surface area contributed by atoms with E-state index in [1.165, 1.54) is 29.6 Å². The van der Waals surface area contributed by atoms with Crippen LogP contribution in [0.1, 0.15) is 5.56 Å². The van der Waals surface area contributed by atoms with E-state index in [0.717, 1.165) is 10.2 Å². The van der Waals surface area contributed by atoms with Crippen molar-refractivity contribution in [2.75, 3.05) is 5.32 Å². The fourth-order valence-electron chi connectivity index (χ4n) is 2.03. The Balaban J connectivity index is 1.75. The molecule has 1 heterocycles. The Morgan fingerprint density at radius 2 is 1.91 bits per heavy atom. The predicted molar refractivity (Wildman–Crippen MR) is 90.4 cm³/mol. The van der Waals surface area contributed by atoms with Crippen molar-refractivity contribution < 1.29 is 9.72 Å². The van der Waals surface area contributed by atoms with Gasteiger partial charge in [0.1, 0.15) is 0 Å². The maximum atomic E-state index is 11.9. The highest BCUT2D eigenvalue weighted by Gasteiger charge is 2.10. The van der Waals surface area contributed by atoms with Crippen LogP contribution >= 0.6 is 11.3 Å². The average molecular weight is 325 g/mol. The Kier molecular flexibility index (Phi) is 4.11. The minimum absolute atomic E-state index is 0.0449. The van der Waals surface area contributed by atoms with Gasteiger partial charge in [-0.2, -0.15) is 0 Å². The minimum Gasteiger partial charge on any atom is -0.298 e. The van der Waals surface area contributed by atoms with Crippen molar-refractivity contribution >= 4 is 44.4 Å². The first-order chi connectivity index (χ1) is 11.1. The van der Waals surface area contributed by atoms with E-state index >= 15 is 0 Å². The van der Waals surface area contributed by atoms with Crippen LogP contribution < -0.4 is 5.32 Å². The zero-order valence-electron chi connectivity index (χ0n) is 11.8. The molecule has 0 fully saturated rings. The summed E-state index contributed by atoms with van der Waals surface area (Å²) < 4.78 is 0.977. The maximum absolute atomic E-state index is 11.9. The minimum atomic E-state index is -0.481. The van der Waals surface area contributed by atoms with Gasteiger partial charge < -0.3 is 0 Å². The molecule has 1 aromatic heterocycles. The summed E-state index contributed by atoms with van der Waals surface area (Å²) in [5.74, 6) is -0.387. The van der Waals surface area contributed by atoms with Gasteiger partial charge in [-0.05, 0) is 24.3 Å². The number of carbonyl (C=O) groups excluding carboxylic acids is 1. The first kappa shape index (κ1) is 14.9. The van der Waals surface area contributed by atoms with E-state index in [1.807, 2.05) is 24.3 Å². The molecule has 0 spiro atoms. The molecule has 0 aliphatic heterocycles. The van der Waals surface area contributed by atoms with Gasteiger partial charge in [0.2, 0.25) is 5.91 Å². The lowest BCUT2D eigenvalue weighted by atomic mass is 10.1. The Bertz CT molecular complexity index is 885. The molecule has 114 valence electrons. The third-order valence-corrected chi connectivity index (χ3v) is 4.02. The van der Waals surface area contributed by atoms with E-state index in [2.05, 4.69) is 10.3 Å². The van der Waals surface area contributed by atoms with Crippen molar-refractivity contribution in [1.82, 2.24) is 4.98 Å². The van der Waals surface area contributed by atoms with Gasteiger partial charge in [-0.3, -0.25) is 20.2 Å².